The molecule has 2 rings (SSSR count). The number of ether oxygens (including phenoxy) is 1. The maximum atomic E-state index is 14.0. The van der Waals surface area contributed by atoms with Crippen molar-refractivity contribution in [3.05, 3.63) is 47.0 Å². The molecule has 0 spiro atoms. The highest BCUT2D eigenvalue weighted by atomic mass is 19.3. The number of hydrogen-bond donors (Lipinski definition) is 2. The van der Waals surface area contributed by atoms with Crippen molar-refractivity contribution in [2.24, 2.45) is 5.92 Å². The monoisotopic (exact) mass is 424 g/mol. The SMILES string of the molecule is Cc1cc(C(=O)NCc2cnc(OCC(C)(F)F)c(F)c2)cc(NC(=O)C(C)C)n1. The minimum atomic E-state index is -3.11. The predicted octanol–water partition coefficient (Wildman–Crippen LogP) is 3.48. The first-order valence-electron chi connectivity index (χ1n) is 9.17. The fourth-order valence-electron chi connectivity index (χ4n) is 2.28. The van der Waals surface area contributed by atoms with E-state index in [4.69, 9.17) is 0 Å². The van der Waals surface area contributed by atoms with Crippen molar-refractivity contribution in [3.8, 4) is 5.88 Å². The number of carbonyl (C=O) groups is 2. The van der Waals surface area contributed by atoms with E-state index in [-0.39, 0.29) is 29.8 Å². The molecule has 0 aliphatic rings. The largest absolute Gasteiger partial charge is 0.469 e. The third-order valence-electron chi connectivity index (χ3n) is 3.77. The fraction of sp³-hybridized carbons (Fsp3) is 0.400. The van der Waals surface area contributed by atoms with Crippen molar-refractivity contribution in [3.63, 3.8) is 0 Å². The van der Waals surface area contributed by atoms with E-state index in [2.05, 4.69) is 25.3 Å². The first kappa shape index (κ1) is 23.1. The van der Waals surface area contributed by atoms with Crippen LogP contribution >= 0.6 is 0 Å². The third-order valence-corrected chi connectivity index (χ3v) is 3.77. The minimum Gasteiger partial charge on any atom is -0.469 e. The highest BCUT2D eigenvalue weighted by molar-refractivity contribution is 5.97. The summed E-state index contributed by atoms with van der Waals surface area (Å²) in [5, 5.41) is 5.23. The lowest BCUT2D eigenvalue weighted by molar-refractivity contribution is -0.118. The van der Waals surface area contributed by atoms with Gasteiger partial charge in [0, 0.05) is 36.8 Å². The minimum absolute atomic E-state index is 0.0535. The summed E-state index contributed by atoms with van der Waals surface area (Å²) in [5.41, 5.74) is 1.11. The summed E-state index contributed by atoms with van der Waals surface area (Å²) < 4.78 is 44.2. The summed E-state index contributed by atoms with van der Waals surface area (Å²) >= 11 is 0. The molecule has 0 saturated carbocycles. The van der Waals surface area contributed by atoms with Crippen LogP contribution in [0.3, 0.4) is 0 Å². The molecular weight excluding hydrogens is 401 g/mol. The van der Waals surface area contributed by atoms with Gasteiger partial charge in [0.15, 0.2) is 12.4 Å². The van der Waals surface area contributed by atoms with Gasteiger partial charge in [-0.05, 0) is 30.7 Å². The maximum absolute atomic E-state index is 14.0. The number of nitrogens with zero attached hydrogens (tertiary/aromatic N) is 2. The standard InChI is InChI=1S/C20H23F3N4O3/c1-11(2)17(28)27-16-7-14(5-12(3)26-16)18(29)24-8-13-6-15(21)19(25-9-13)30-10-20(4,22)23/h5-7,9,11H,8,10H2,1-4H3,(H,24,29)(H,26,27,28). The molecule has 0 saturated heterocycles. The van der Waals surface area contributed by atoms with E-state index >= 15 is 0 Å². The molecule has 0 aliphatic carbocycles. The lowest BCUT2D eigenvalue weighted by Gasteiger charge is -2.12. The second kappa shape index (κ2) is 9.55. The van der Waals surface area contributed by atoms with Gasteiger partial charge in [0.2, 0.25) is 5.91 Å². The van der Waals surface area contributed by atoms with Gasteiger partial charge in [-0.2, -0.15) is 0 Å². The summed E-state index contributed by atoms with van der Waals surface area (Å²) in [6, 6.07) is 4.02. The molecule has 2 amide bonds. The molecule has 0 aliphatic heterocycles. The van der Waals surface area contributed by atoms with Crippen LogP contribution in [-0.4, -0.2) is 34.3 Å². The van der Waals surface area contributed by atoms with Crippen LogP contribution in [0.5, 0.6) is 5.88 Å². The smallest absolute Gasteiger partial charge is 0.278 e. The van der Waals surface area contributed by atoms with Crippen LogP contribution in [0.15, 0.2) is 24.4 Å². The number of aryl methyl sites for hydroxylation is 1. The Labute approximate surface area is 172 Å². The van der Waals surface area contributed by atoms with E-state index in [1.807, 2.05) is 0 Å². The molecule has 162 valence electrons. The van der Waals surface area contributed by atoms with Crippen LogP contribution in [0, 0.1) is 18.7 Å². The zero-order valence-electron chi connectivity index (χ0n) is 17.1. The number of aromatic nitrogens is 2. The quantitative estimate of drug-likeness (QED) is 0.677. The Morgan fingerprint density at radius 2 is 1.93 bits per heavy atom. The highest BCUT2D eigenvalue weighted by Gasteiger charge is 2.23. The van der Waals surface area contributed by atoms with Gasteiger partial charge in [-0.25, -0.2) is 23.1 Å². The molecule has 0 fully saturated rings. The zero-order valence-corrected chi connectivity index (χ0v) is 17.1. The van der Waals surface area contributed by atoms with Gasteiger partial charge in [0.25, 0.3) is 17.7 Å². The molecule has 0 aromatic carbocycles. The Bertz CT molecular complexity index is 930. The number of rotatable bonds is 8. The number of nitrogens with one attached hydrogen (secondary N) is 2. The molecule has 0 atom stereocenters. The van der Waals surface area contributed by atoms with Gasteiger partial charge in [-0.1, -0.05) is 13.8 Å². The third kappa shape index (κ3) is 7.02. The molecule has 10 heteroatoms. The van der Waals surface area contributed by atoms with Crippen molar-refractivity contribution in [2.75, 3.05) is 11.9 Å². The van der Waals surface area contributed by atoms with Crippen LogP contribution < -0.4 is 15.4 Å². The summed E-state index contributed by atoms with van der Waals surface area (Å²) in [6.45, 7) is 4.74. The first-order valence-corrected chi connectivity index (χ1v) is 9.17. The topological polar surface area (TPSA) is 93.2 Å². The van der Waals surface area contributed by atoms with Crippen LogP contribution in [-0.2, 0) is 11.3 Å². The molecular formula is C20H23F3N4O3. The Morgan fingerprint density at radius 1 is 1.23 bits per heavy atom. The Morgan fingerprint density at radius 3 is 2.53 bits per heavy atom. The zero-order chi connectivity index (χ0) is 22.5. The van der Waals surface area contributed by atoms with Crippen molar-refractivity contribution >= 4 is 17.6 Å². The van der Waals surface area contributed by atoms with Gasteiger partial charge >= 0.3 is 0 Å². The van der Waals surface area contributed by atoms with Crippen LogP contribution in [0.1, 0.15) is 42.4 Å². The lowest BCUT2D eigenvalue weighted by Crippen LogP contribution is -2.24. The van der Waals surface area contributed by atoms with Gasteiger partial charge in [0.1, 0.15) is 5.82 Å². The highest BCUT2D eigenvalue weighted by Crippen LogP contribution is 2.19. The van der Waals surface area contributed by atoms with Crippen molar-refractivity contribution in [1.82, 2.24) is 15.3 Å². The van der Waals surface area contributed by atoms with Gasteiger partial charge in [-0.3, -0.25) is 9.59 Å². The molecule has 7 nitrogen and oxygen atoms in total. The Balaban J connectivity index is 2.02. The van der Waals surface area contributed by atoms with E-state index in [9.17, 15) is 22.8 Å². The van der Waals surface area contributed by atoms with E-state index in [0.717, 1.165) is 6.07 Å². The number of hydrogen-bond acceptors (Lipinski definition) is 5. The number of amides is 2. The molecule has 2 heterocycles. The van der Waals surface area contributed by atoms with Crippen molar-refractivity contribution in [1.29, 1.82) is 0 Å². The first-order chi connectivity index (χ1) is 13.9. The number of pyridine rings is 2. The summed E-state index contributed by atoms with van der Waals surface area (Å²) in [5.74, 6) is -5.26. The number of anilines is 1. The molecule has 0 bridgehead atoms. The normalized spacial score (nSPS) is 11.3. The Hall–Kier alpha value is -3.17. The second-order valence-electron chi connectivity index (χ2n) is 7.20. The van der Waals surface area contributed by atoms with E-state index in [1.54, 1.807) is 26.8 Å². The predicted molar refractivity (Wildman–Crippen MR) is 104 cm³/mol. The lowest BCUT2D eigenvalue weighted by atomic mass is 10.2. The molecule has 30 heavy (non-hydrogen) atoms. The number of carbonyl (C=O) groups excluding carboxylic acids is 2. The summed E-state index contributed by atoms with van der Waals surface area (Å²) in [6.07, 6.45) is 1.22. The molecule has 0 radical (unpaired) electrons. The van der Waals surface area contributed by atoms with Gasteiger partial charge in [0.05, 0.1) is 0 Å². The van der Waals surface area contributed by atoms with Crippen LogP contribution in [0.4, 0.5) is 19.0 Å². The van der Waals surface area contributed by atoms with Crippen molar-refractivity contribution in [2.45, 2.75) is 40.2 Å². The maximum Gasteiger partial charge on any atom is 0.278 e. The molecule has 2 N–H and O–H groups in total. The van der Waals surface area contributed by atoms with E-state index < -0.39 is 30.1 Å². The molecule has 2 aromatic heterocycles. The Kier molecular flexibility index (Phi) is 7.36. The molecule has 0 unspecified atom stereocenters. The fourth-order valence-corrected chi connectivity index (χ4v) is 2.28. The molecule has 2 aromatic rings. The number of halogens is 3. The van der Waals surface area contributed by atoms with Crippen LogP contribution in [0.25, 0.3) is 0 Å². The van der Waals surface area contributed by atoms with Gasteiger partial charge < -0.3 is 15.4 Å². The van der Waals surface area contributed by atoms with E-state index in [0.29, 0.717) is 18.2 Å². The van der Waals surface area contributed by atoms with Crippen molar-refractivity contribution < 1.29 is 27.5 Å². The average Bonchev–Trinajstić information content (AvgIpc) is 2.64. The van der Waals surface area contributed by atoms with Gasteiger partial charge in [-0.15, -0.1) is 0 Å². The van der Waals surface area contributed by atoms with Crippen LogP contribution in [0.2, 0.25) is 0 Å². The van der Waals surface area contributed by atoms with E-state index in [1.165, 1.54) is 12.3 Å². The second-order valence-corrected chi connectivity index (χ2v) is 7.20. The summed E-state index contributed by atoms with van der Waals surface area (Å²) in [4.78, 5) is 32.1. The average molecular weight is 424 g/mol. The summed E-state index contributed by atoms with van der Waals surface area (Å²) in [7, 11) is 0. The number of alkyl halides is 2.